The van der Waals surface area contributed by atoms with Crippen LogP contribution in [0.2, 0.25) is 0 Å². The highest BCUT2D eigenvalue weighted by molar-refractivity contribution is 5.80. The monoisotopic (exact) mass is 711 g/mol. The fraction of sp³-hybridized carbons (Fsp3) is 0.325. The molecule has 2 saturated heterocycles. The number of likely N-dealkylation sites (tertiary alicyclic amines) is 2. The molecule has 2 aliphatic heterocycles. The minimum Gasteiger partial charge on any atom is -0.437 e. The molecule has 5 aromatic rings. The van der Waals surface area contributed by atoms with E-state index in [1.807, 2.05) is 54.3 Å². The van der Waals surface area contributed by atoms with Crippen LogP contribution in [0.5, 0.6) is 11.6 Å². The van der Waals surface area contributed by atoms with Crippen LogP contribution in [0.25, 0.3) is 11.4 Å². The van der Waals surface area contributed by atoms with Gasteiger partial charge in [-0.25, -0.2) is 15.0 Å². The molecule has 2 fully saturated rings. The lowest BCUT2D eigenvalue weighted by Crippen LogP contribution is -2.53. The zero-order valence-corrected chi connectivity index (χ0v) is 29.5. The van der Waals surface area contributed by atoms with Gasteiger partial charge in [-0.1, -0.05) is 30.3 Å². The Kier molecular flexibility index (Phi) is 10.2. The molecule has 7 rings (SSSR count). The molecule has 5 heterocycles. The van der Waals surface area contributed by atoms with Gasteiger partial charge in [0.1, 0.15) is 12.1 Å². The molecule has 0 radical (unpaired) electrons. The first-order chi connectivity index (χ1) is 25.7. The molecule has 0 saturated carbocycles. The van der Waals surface area contributed by atoms with E-state index in [4.69, 9.17) is 20.7 Å². The quantitative estimate of drug-likeness (QED) is 0.223. The molecule has 0 bridgehead atoms. The molecule has 13 heteroatoms. The second-order valence-corrected chi connectivity index (χ2v) is 13.9. The van der Waals surface area contributed by atoms with Gasteiger partial charge in [0.25, 0.3) is 5.56 Å². The highest BCUT2D eigenvalue weighted by Gasteiger charge is 2.41. The minimum atomic E-state index is -1.22. The SMILES string of the molecule is Cc1ccc(-c2nccc(CN3CC[C@@H](C(=O)N4CCC(O)(Cn5cnc(Oc6ccc(C#N)cc6)c(N)c5=O)CC4)[C@H](c4ccccc4)C3)n2)cn1. The molecule has 2 atom stereocenters. The third-order valence-electron chi connectivity index (χ3n) is 10.2. The van der Waals surface area contributed by atoms with Crippen LogP contribution in [0.15, 0.2) is 96.3 Å². The van der Waals surface area contributed by atoms with Crippen LogP contribution in [-0.4, -0.2) is 77.1 Å². The Bertz CT molecular complexity index is 2160. The zero-order valence-electron chi connectivity index (χ0n) is 29.5. The number of carbonyl (C=O) groups excluding carboxylic acids is 1. The summed E-state index contributed by atoms with van der Waals surface area (Å²) in [5, 5.41) is 20.6. The Balaban J connectivity index is 0.993. The number of piperidine rings is 2. The summed E-state index contributed by atoms with van der Waals surface area (Å²) < 4.78 is 6.97. The first-order valence-electron chi connectivity index (χ1n) is 17.7. The number of anilines is 1. The average Bonchev–Trinajstić information content (AvgIpc) is 3.19. The molecule has 3 N–H and O–H groups in total. The van der Waals surface area contributed by atoms with Crippen molar-refractivity contribution < 1.29 is 14.6 Å². The van der Waals surface area contributed by atoms with Gasteiger partial charge in [0.15, 0.2) is 11.5 Å². The van der Waals surface area contributed by atoms with Crippen LogP contribution in [0.1, 0.15) is 47.7 Å². The average molecular weight is 712 g/mol. The second-order valence-electron chi connectivity index (χ2n) is 13.9. The number of nitrogens with zero attached hydrogens (tertiary/aromatic N) is 8. The lowest BCUT2D eigenvalue weighted by atomic mass is 9.79. The largest absolute Gasteiger partial charge is 0.437 e. The number of aromatic nitrogens is 5. The fourth-order valence-corrected chi connectivity index (χ4v) is 7.20. The van der Waals surface area contributed by atoms with Crippen LogP contribution in [-0.2, 0) is 17.9 Å². The summed E-state index contributed by atoms with van der Waals surface area (Å²) in [4.78, 5) is 49.5. The van der Waals surface area contributed by atoms with E-state index in [2.05, 4.69) is 32.0 Å². The summed E-state index contributed by atoms with van der Waals surface area (Å²) in [6, 6.07) is 24.5. The molecule has 2 aromatic carbocycles. The van der Waals surface area contributed by atoms with Gasteiger partial charge >= 0.3 is 0 Å². The van der Waals surface area contributed by atoms with E-state index in [0.29, 0.717) is 62.6 Å². The Morgan fingerprint density at radius 3 is 2.51 bits per heavy atom. The summed E-state index contributed by atoms with van der Waals surface area (Å²) in [7, 11) is 0. The number of pyridine rings is 1. The standard InChI is InChI=1S/C40H41N9O4/c1-27-7-10-30(22-44-27)36-43-17-13-31(46-36)23-47-18-14-33(34(24-47)29-5-3-2-4-6-29)38(50)48-19-15-40(52,16-20-48)25-49-26-45-37(35(42)39(49)51)53-32-11-8-28(21-41)9-12-32/h2-13,17,22,26,33-34,52H,14-16,18-20,23-25,42H2,1H3/t33-,34+/m1/s1. The number of nitrogen functional groups attached to an aromatic ring is 1. The molecule has 270 valence electrons. The number of nitrogens with two attached hydrogens (primary N) is 1. The van der Waals surface area contributed by atoms with Gasteiger partial charge in [0.2, 0.25) is 11.8 Å². The normalized spacial score (nSPS) is 18.6. The second kappa shape index (κ2) is 15.3. The van der Waals surface area contributed by atoms with Crippen LogP contribution in [0.4, 0.5) is 5.69 Å². The number of ether oxygens (including phenoxy) is 1. The van der Waals surface area contributed by atoms with Crippen molar-refractivity contribution in [3.05, 3.63) is 124 Å². The molecule has 0 unspecified atom stereocenters. The van der Waals surface area contributed by atoms with E-state index in [9.17, 15) is 14.7 Å². The molecule has 0 spiro atoms. The minimum absolute atomic E-state index is 0.0153. The maximum atomic E-state index is 14.2. The first-order valence-corrected chi connectivity index (χ1v) is 17.7. The predicted octanol–water partition coefficient (Wildman–Crippen LogP) is 4.31. The number of carbonyl (C=O) groups is 1. The Labute approximate surface area is 307 Å². The number of aliphatic hydroxyl groups is 1. The highest BCUT2D eigenvalue weighted by Crippen LogP contribution is 2.36. The van der Waals surface area contributed by atoms with Crippen molar-refractivity contribution in [2.45, 2.75) is 50.8 Å². The summed E-state index contributed by atoms with van der Waals surface area (Å²) in [6.45, 7) is 4.74. The molecular weight excluding hydrogens is 670 g/mol. The van der Waals surface area contributed by atoms with Crippen LogP contribution in [0.3, 0.4) is 0 Å². The number of hydrogen-bond donors (Lipinski definition) is 2. The van der Waals surface area contributed by atoms with Crippen LogP contribution < -0.4 is 16.0 Å². The van der Waals surface area contributed by atoms with Gasteiger partial charge in [0.05, 0.1) is 29.5 Å². The smallest absolute Gasteiger partial charge is 0.280 e. The number of hydrogen-bond acceptors (Lipinski definition) is 11. The lowest BCUT2D eigenvalue weighted by molar-refractivity contribution is -0.142. The van der Waals surface area contributed by atoms with E-state index in [-0.39, 0.29) is 35.9 Å². The third-order valence-corrected chi connectivity index (χ3v) is 10.2. The molecule has 3 aromatic heterocycles. The van der Waals surface area contributed by atoms with Crippen LogP contribution >= 0.6 is 0 Å². The van der Waals surface area contributed by atoms with Crippen molar-refractivity contribution in [3.8, 4) is 29.1 Å². The number of aryl methyl sites for hydroxylation is 1. The maximum Gasteiger partial charge on any atom is 0.280 e. The maximum absolute atomic E-state index is 14.2. The predicted molar refractivity (Wildman–Crippen MR) is 197 cm³/mol. The molecule has 53 heavy (non-hydrogen) atoms. The van der Waals surface area contributed by atoms with Gasteiger partial charge in [-0.2, -0.15) is 5.26 Å². The van der Waals surface area contributed by atoms with Crippen molar-refractivity contribution in [3.63, 3.8) is 0 Å². The van der Waals surface area contributed by atoms with E-state index in [1.165, 1.54) is 10.9 Å². The van der Waals surface area contributed by atoms with Gasteiger partial charge in [-0.15, -0.1) is 0 Å². The molecular formula is C40H41N9O4. The molecule has 1 amide bonds. The molecule has 0 aliphatic carbocycles. The summed E-state index contributed by atoms with van der Waals surface area (Å²) in [6.07, 6.45) is 6.18. The molecule has 13 nitrogen and oxygen atoms in total. The van der Waals surface area contributed by atoms with E-state index >= 15 is 0 Å². The summed E-state index contributed by atoms with van der Waals surface area (Å²) >= 11 is 0. The van der Waals surface area contributed by atoms with E-state index in [0.717, 1.165) is 29.1 Å². The van der Waals surface area contributed by atoms with Gasteiger partial charge in [-0.3, -0.25) is 24.0 Å². The van der Waals surface area contributed by atoms with E-state index < -0.39 is 11.2 Å². The number of nitriles is 1. The van der Waals surface area contributed by atoms with Gasteiger partial charge in [-0.05, 0) is 80.8 Å². The summed E-state index contributed by atoms with van der Waals surface area (Å²) in [5.74, 6) is 0.828. The topological polar surface area (TPSA) is 176 Å². The van der Waals surface area contributed by atoms with Crippen LogP contribution in [0, 0.1) is 24.2 Å². The van der Waals surface area contributed by atoms with Crippen molar-refractivity contribution in [1.82, 2.24) is 34.3 Å². The van der Waals surface area contributed by atoms with Crippen molar-refractivity contribution in [2.24, 2.45) is 5.92 Å². The van der Waals surface area contributed by atoms with E-state index in [1.54, 1.807) is 36.7 Å². The fourth-order valence-electron chi connectivity index (χ4n) is 7.20. The Morgan fingerprint density at radius 2 is 1.79 bits per heavy atom. The zero-order chi connectivity index (χ0) is 37.0. The number of benzene rings is 2. The van der Waals surface area contributed by atoms with Crippen molar-refractivity contribution in [1.29, 1.82) is 5.26 Å². The van der Waals surface area contributed by atoms with Crippen molar-refractivity contribution in [2.75, 3.05) is 31.9 Å². The van der Waals surface area contributed by atoms with Gasteiger partial charge in [0, 0.05) is 61.7 Å². The third kappa shape index (κ3) is 8.09. The lowest BCUT2D eigenvalue weighted by Gasteiger charge is -2.43. The number of rotatable bonds is 9. The number of amides is 1. The highest BCUT2D eigenvalue weighted by atomic mass is 16.5. The molecule has 2 aliphatic rings. The Morgan fingerprint density at radius 1 is 1.02 bits per heavy atom. The van der Waals surface area contributed by atoms with Gasteiger partial charge < -0.3 is 20.5 Å². The first kappa shape index (κ1) is 35.4. The Hall–Kier alpha value is -5.97. The van der Waals surface area contributed by atoms with Crippen molar-refractivity contribution >= 4 is 11.6 Å². The summed E-state index contributed by atoms with van der Waals surface area (Å²) in [5.41, 5.74) is 8.47.